The lowest BCUT2D eigenvalue weighted by Crippen LogP contribution is -2.39. The van der Waals surface area contributed by atoms with Gasteiger partial charge in [-0.3, -0.25) is 9.36 Å². The largest absolute Gasteiger partial charge is 0.486 e. The summed E-state index contributed by atoms with van der Waals surface area (Å²) in [5.74, 6) is -0.316. The van der Waals surface area contributed by atoms with Crippen LogP contribution in [0.25, 0.3) is 6.08 Å². The minimum atomic E-state index is -0.661. The zero-order valence-electron chi connectivity index (χ0n) is 21.5. The molecule has 0 amide bonds. The van der Waals surface area contributed by atoms with E-state index in [1.807, 2.05) is 42.5 Å². The van der Waals surface area contributed by atoms with Crippen LogP contribution in [0.15, 0.2) is 96.7 Å². The highest BCUT2D eigenvalue weighted by molar-refractivity contribution is 9.11. The molecule has 0 spiro atoms. The molecular formula is C30H23Br2FN2O4S. The van der Waals surface area contributed by atoms with Crippen LogP contribution in [-0.4, -0.2) is 17.1 Å². The molecule has 0 fully saturated rings. The van der Waals surface area contributed by atoms with Crippen LogP contribution in [0, 0.1) is 5.82 Å². The smallest absolute Gasteiger partial charge is 0.338 e. The van der Waals surface area contributed by atoms with Gasteiger partial charge in [0, 0.05) is 5.56 Å². The fraction of sp³-hybridized carbons (Fsp3) is 0.167. The third kappa shape index (κ3) is 5.61. The Balaban J connectivity index is 1.55. The molecule has 4 aromatic rings. The number of halogens is 3. The van der Waals surface area contributed by atoms with Gasteiger partial charge in [0.2, 0.25) is 0 Å². The Labute approximate surface area is 250 Å². The van der Waals surface area contributed by atoms with Gasteiger partial charge in [-0.05, 0) is 81.1 Å². The van der Waals surface area contributed by atoms with E-state index in [2.05, 4.69) is 36.9 Å². The number of rotatable bonds is 7. The lowest BCUT2D eigenvalue weighted by molar-refractivity contribution is -0.139. The van der Waals surface area contributed by atoms with Crippen LogP contribution in [0.4, 0.5) is 4.39 Å². The minimum absolute atomic E-state index is 0.0590. The summed E-state index contributed by atoms with van der Waals surface area (Å²) in [5.41, 5.74) is 2.56. The van der Waals surface area contributed by atoms with Gasteiger partial charge >= 0.3 is 5.97 Å². The number of carbonyl (C=O) groups excluding carboxylic acids is 1. The normalized spacial score (nSPS) is 15.0. The molecular weight excluding hydrogens is 663 g/mol. The number of aromatic nitrogens is 1. The van der Waals surface area contributed by atoms with Crippen molar-refractivity contribution >= 4 is 55.2 Å². The standard InChI is InChI=1S/C30H23Br2FN2O4S/c1-3-38-29(37)25-17(2)34-30-35(26(25)19-9-5-4-6-10-19)28(36)24(40-30)15-18-13-21(31)27(22(32)14-18)39-16-20-11-7-8-12-23(20)33/h4-15,26H,3,16H2,1-2H3. The summed E-state index contributed by atoms with van der Waals surface area (Å²) in [4.78, 5) is 31.9. The van der Waals surface area contributed by atoms with E-state index in [4.69, 9.17) is 9.47 Å². The van der Waals surface area contributed by atoms with E-state index in [0.717, 1.165) is 11.1 Å². The second-order valence-corrected chi connectivity index (χ2v) is 11.6. The zero-order chi connectivity index (χ0) is 28.4. The van der Waals surface area contributed by atoms with Gasteiger partial charge in [0.25, 0.3) is 5.56 Å². The first-order valence-corrected chi connectivity index (χ1v) is 14.8. The highest BCUT2D eigenvalue weighted by Gasteiger charge is 2.33. The van der Waals surface area contributed by atoms with Crippen molar-refractivity contribution in [2.45, 2.75) is 26.5 Å². The first kappa shape index (κ1) is 28.2. The van der Waals surface area contributed by atoms with Crippen LogP contribution in [0.5, 0.6) is 5.75 Å². The van der Waals surface area contributed by atoms with E-state index in [1.54, 1.807) is 42.7 Å². The van der Waals surface area contributed by atoms with Crippen LogP contribution in [0.2, 0.25) is 0 Å². The van der Waals surface area contributed by atoms with Crippen LogP contribution in [0.3, 0.4) is 0 Å². The Kier molecular flexibility index (Phi) is 8.48. The number of fused-ring (bicyclic) bond motifs is 1. The van der Waals surface area contributed by atoms with E-state index < -0.39 is 12.0 Å². The molecule has 0 saturated carbocycles. The summed E-state index contributed by atoms with van der Waals surface area (Å²) in [6.45, 7) is 3.77. The van der Waals surface area contributed by atoms with Gasteiger partial charge in [-0.2, -0.15) is 0 Å². The number of allylic oxidation sites excluding steroid dienone is 1. The maximum atomic E-state index is 14.0. The van der Waals surface area contributed by atoms with Crippen LogP contribution >= 0.6 is 43.2 Å². The van der Waals surface area contributed by atoms with Gasteiger partial charge in [0.05, 0.1) is 37.4 Å². The molecule has 1 unspecified atom stereocenters. The summed E-state index contributed by atoms with van der Waals surface area (Å²) < 4.78 is 28.5. The Morgan fingerprint density at radius 1 is 1.10 bits per heavy atom. The van der Waals surface area contributed by atoms with Crippen molar-refractivity contribution in [2.75, 3.05) is 6.61 Å². The Morgan fingerprint density at radius 3 is 2.45 bits per heavy atom. The number of esters is 1. The van der Waals surface area contributed by atoms with Gasteiger partial charge in [-0.25, -0.2) is 14.2 Å². The average molecular weight is 686 g/mol. The van der Waals surface area contributed by atoms with E-state index in [9.17, 15) is 14.0 Å². The first-order valence-electron chi connectivity index (χ1n) is 12.4. The Bertz CT molecular complexity index is 1790. The molecule has 1 aromatic heterocycles. The maximum Gasteiger partial charge on any atom is 0.338 e. The molecule has 204 valence electrons. The van der Waals surface area contributed by atoms with Crippen molar-refractivity contribution in [1.29, 1.82) is 0 Å². The number of benzene rings is 3. The zero-order valence-corrected chi connectivity index (χ0v) is 25.5. The van der Waals surface area contributed by atoms with Gasteiger partial charge in [0.1, 0.15) is 18.2 Å². The fourth-order valence-corrected chi connectivity index (χ4v) is 6.96. The molecule has 0 N–H and O–H groups in total. The van der Waals surface area contributed by atoms with Crippen molar-refractivity contribution in [3.05, 3.63) is 129 Å². The van der Waals surface area contributed by atoms with Crippen molar-refractivity contribution < 1.29 is 18.7 Å². The molecule has 3 aromatic carbocycles. The lowest BCUT2D eigenvalue weighted by atomic mass is 9.96. The highest BCUT2D eigenvalue weighted by Crippen LogP contribution is 2.36. The third-order valence-corrected chi connectivity index (χ3v) is 8.44. The van der Waals surface area contributed by atoms with Crippen molar-refractivity contribution in [3.63, 3.8) is 0 Å². The van der Waals surface area contributed by atoms with Crippen molar-refractivity contribution in [3.8, 4) is 5.75 Å². The quantitative estimate of drug-likeness (QED) is 0.223. The molecule has 0 radical (unpaired) electrons. The number of nitrogens with zero attached hydrogens (tertiary/aromatic N) is 2. The molecule has 0 aliphatic carbocycles. The van der Waals surface area contributed by atoms with Gasteiger partial charge in [-0.15, -0.1) is 0 Å². The third-order valence-electron chi connectivity index (χ3n) is 6.28. The van der Waals surface area contributed by atoms with Crippen molar-refractivity contribution in [1.82, 2.24) is 4.57 Å². The van der Waals surface area contributed by atoms with E-state index in [1.165, 1.54) is 17.4 Å². The molecule has 40 heavy (non-hydrogen) atoms. The fourth-order valence-electron chi connectivity index (χ4n) is 4.46. The molecule has 1 aliphatic rings. The number of carbonyl (C=O) groups is 1. The van der Waals surface area contributed by atoms with Gasteiger partial charge in [-0.1, -0.05) is 59.9 Å². The Hall–Kier alpha value is -3.34. The molecule has 1 aliphatic heterocycles. The molecule has 0 bridgehead atoms. The lowest BCUT2D eigenvalue weighted by Gasteiger charge is -2.24. The molecule has 1 atom stereocenters. The summed E-state index contributed by atoms with van der Waals surface area (Å²) >= 11 is 8.33. The highest BCUT2D eigenvalue weighted by atomic mass is 79.9. The number of hydrogen-bond donors (Lipinski definition) is 0. The molecule has 5 rings (SSSR count). The van der Waals surface area contributed by atoms with Gasteiger partial charge in [0.15, 0.2) is 4.80 Å². The topological polar surface area (TPSA) is 69.9 Å². The minimum Gasteiger partial charge on any atom is -0.486 e. The summed E-state index contributed by atoms with van der Waals surface area (Å²) in [7, 11) is 0. The number of hydrogen-bond acceptors (Lipinski definition) is 6. The summed E-state index contributed by atoms with van der Waals surface area (Å²) in [5, 5.41) is 0. The summed E-state index contributed by atoms with van der Waals surface area (Å²) in [6.07, 6.45) is 1.77. The SMILES string of the molecule is CCOC(=O)C1=C(C)N=c2sc(=Cc3cc(Br)c(OCc4ccccc4F)c(Br)c3)c(=O)n2C1c1ccccc1. The summed E-state index contributed by atoms with van der Waals surface area (Å²) in [6, 6.07) is 18.8. The van der Waals surface area contributed by atoms with Crippen molar-refractivity contribution in [2.24, 2.45) is 4.99 Å². The second kappa shape index (κ2) is 12.0. The molecule has 2 heterocycles. The van der Waals surface area contributed by atoms with Crippen LogP contribution < -0.4 is 19.6 Å². The number of ether oxygens (including phenoxy) is 2. The number of thiazole rings is 1. The monoisotopic (exact) mass is 684 g/mol. The van der Waals surface area contributed by atoms with E-state index in [0.29, 0.717) is 40.9 Å². The van der Waals surface area contributed by atoms with Crippen LogP contribution in [-0.2, 0) is 16.1 Å². The van der Waals surface area contributed by atoms with E-state index in [-0.39, 0.29) is 24.6 Å². The second-order valence-electron chi connectivity index (χ2n) is 8.91. The molecule has 6 nitrogen and oxygen atoms in total. The maximum absolute atomic E-state index is 14.0. The molecule has 10 heteroatoms. The predicted octanol–water partition coefficient (Wildman–Crippen LogP) is 6.04. The average Bonchev–Trinajstić information content (AvgIpc) is 3.23. The molecule has 0 saturated heterocycles. The predicted molar refractivity (Wildman–Crippen MR) is 159 cm³/mol. The van der Waals surface area contributed by atoms with Gasteiger partial charge < -0.3 is 9.47 Å². The van der Waals surface area contributed by atoms with Crippen LogP contribution in [0.1, 0.15) is 36.6 Å². The Morgan fingerprint density at radius 2 is 1.77 bits per heavy atom. The first-order chi connectivity index (χ1) is 19.3. The van der Waals surface area contributed by atoms with E-state index >= 15 is 0 Å².